The van der Waals surface area contributed by atoms with Crippen molar-refractivity contribution in [3.63, 3.8) is 0 Å². The SMILES string of the molecule is COc1cc(C=C2C(=O)N(c3ccccc3)C(=S)N2C)c(Br)cc1O. The lowest BCUT2D eigenvalue weighted by molar-refractivity contribution is -0.114. The van der Waals surface area contributed by atoms with Crippen molar-refractivity contribution < 1.29 is 14.6 Å². The highest BCUT2D eigenvalue weighted by atomic mass is 79.9. The molecule has 1 saturated heterocycles. The first-order chi connectivity index (χ1) is 11.9. The average Bonchev–Trinajstić information content (AvgIpc) is 2.81. The quantitative estimate of drug-likeness (QED) is 0.607. The number of methoxy groups -OCH3 is 1. The average molecular weight is 419 g/mol. The van der Waals surface area contributed by atoms with Gasteiger partial charge < -0.3 is 14.7 Å². The van der Waals surface area contributed by atoms with Gasteiger partial charge >= 0.3 is 0 Å². The van der Waals surface area contributed by atoms with Crippen LogP contribution in [0.3, 0.4) is 0 Å². The second-order valence-electron chi connectivity index (χ2n) is 5.39. The number of phenols is 1. The molecule has 0 aromatic heterocycles. The number of halogens is 1. The zero-order valence-corrected chi connectivity index (χ0v) is 16.0. The molecule has 0 radical (unpaired) electrons. The highest BCUT2D eigenvalue weighted by Gasteiger charge is 2.36. The van der Waals surface area contributed by atoms with Crippen LogP contribution in [0.1, 0.15) is 5.56 Å². The standard InChI is InChI=1S/C18H15BrN2O3S/c1-20-14(8-11-9-16(24-2)15(22)10-13(11)19)17(23)21(18(20)25)12-6-4-3-5-7-12/h3-10,22H,1-2H3. The number of phenolic OH excluding ortho intramolecular Hbond substituents is 1. The van der Waals surface area contributed by atoms with E-state index < -0.39 is 0 Å². The van der Waals surface area contributed by atoms with Gasteiger partial charge in [0.05, 0.1) is 12.8 Å². The van der Waals surface area contributed by atoms with Crippen LogP contribution in [0.25, 0.3) is 6.08 Å². The van der Waals surface area contributed by atoms with Gasteiger partial charge in [-0.25, -0.2) is 0 Å². The molecule has 128 valence electrons. The van der Waals surface area contributed by atoms with Crippen molar-refractivity contribution >= 4 is 50.9 Å². The fourth-order valence-electron chi connectivity index (χ4n) is 2.54. The number of rotatable bonds is 3. The normalized spacial score (nSPS) is 16.0. The monoisotopic (exact) mass is 418 g/mol. The van der Waals surface area contributed by atoms with E-state index in [0.717, 1.165) is 5.69 Å². The van der Waals surface area contributed by atoms with Gasteiger partial charge in [-0.1, -0.05) is 34.1 Å². The van der Waals surface area contributed by atoms with Gasteiger partial charge in [0.15, 0.2) is 16.6 Å². The summed E-state index contributed by atoms with van der Waals surface area (Å²) in [5.74, 6) is 0.132. The lowest BCUT2D eigenvalue weighted by atomic mass is 10.1. The molecule has 1 fully saturated rings. The van der Waals surface area contributed by atoms with Crippen LogP contribution in [0.5, 0.6) is 11.5 Å². The molecule has 0 bridgehead atoms. The minimum absolute atomic E-state index is 0.0176. The summed E-state index contributed by atoms with van der Waals surface area (Å²) >= 11 is 8.83. The molecule has 1 heterocycles. The van der Waals surface area contributed by atoms with Gasteiger partial charge in [-0.15, -0.1) is 0 Å². The summed E-state index contributed by atoms with van der Waals surface area (Å²) in [5.41, 5.74) is 1.85. The Morgan fingerprint density at radius 1 is 1.24 bits per heavy atom. The Balaban J connectivity index is 2.05. The number of ether oxygens (including phenoxy) is 1. The highest BCUT2D eigenvalue weighted by Crippen LogP contribution is 2.35. The van der Waals surface area contributed by atoms with Crippen molar-refractivity contribution in [2.45, 2.75) is 0 Å². The third-order valence-corrected chi connectivity index (χ3v) is 5.01. The number of carbonyl (C=O) groups excluding carboxylic acids is 1. The van der Waals surface area contributed by atoms with Gasteiger partial charge in [0, 0.05) is 11.5 Å². The molecule has 3 rings (SSSR count). The minimum atomic E-state index is -0.211. The molecule has 2 aromatic carbocycles. The smallest absolute Gasteiger partial charge is 0.281 e. The van der Waals surface area contributed by atoms with Crippen molar-refractivity contribution in [3.05, 3.63) is 58.2 Å². The van der Waals surface area contributed by atoms with E-state index in [-0.39, 0.29) is 11.7 Å². The molecule has 0 saturated carbocycles. The number of carbonyl (C=O) groups is 1. The Kier molecular flexibility index (Phi) is 4.78. The van der Waals surface area contributed by atoms with E-state index in [1.54, 1.807) is 24.1 Å². The first-order valence-electron chi connectivity index (χ1n) is 7.39. The predicted molar refractivity (Wildman–Crippen MR) is 105 cm³/mol. The number of benzene rings is 2. The molecule has 0 atom stereocenters. The van der Waals surface area contributed by atoms with E-state index in [1.165, 1.54) is 18.1 Å². The Labute approximate surface area is 159 Å². The minimum Gasteiger partial charge on any atom is -0.504 e. The van der Waals surface area contributed by atoms with Crippen molar-refractivity contribution in [2.75, 3.05) is 19.1 Å². The van der Waals surface area contributed by atoms with Crippen LogP contribution < -0.4 is 9.64 Å². The number of amides is 1. The molecule has 0 aliphatic carbocycles. The van der Waals surface area contributed by atoms with Gasteiger partial charge in [-0.2, -0.15) is 0 Å². The molecule has 2 aromatic rings. The van der Waals surface area contributed by atoms with E-state index in [0.29, 0.717) is 26.6 Å². The van der Waals surface area contributed by atoms with Crippen molar-refractivity contribution in [1.29, 1.82) is 0 Å². The largest absolute Gasteiger partial charge is 0.504 e. The van der Waals surface area contributed by atoms with E-state index in [4.69, 9.17) is 17.0 Å². The summed E-state index contributed by atoms with van der Waals surface area (Å²) in [5, 5.41) is 10.2. The Morgan fingerprint density at radius 3 is 2.56 bits per heavy atom. The van der Waals surface area contributed by atoms with Crippen molar-refractivity contribution in [3.8, 4) is 11.5 Å². The highest BCUT2D eigenvalue weighted by molar-refractivity contribution is 9.10. The van der Waals surface area contributed by atoms with Crippen molar-refractivity contribution in [2.24, 2.45) is 0 Å². The van der Waals surface area contributed by atoms with E-state index >= 15 is 0 Å². The third kappa shape index (κ3) is 3.12. The number of hydrogen-bond donors (Lipinski definition) is 1. The molecule has 25 heavy (non-hydrogen) atoms. The van der Waals surface area contributed by atoms with Gasteiger partial charge in [-0.3, -0.25) is 9.69 Å². The first-order valence-corrected chi connectivity index (χ1v) is 8.59. The number of anilines is 1. The Bertz CT molecular complexity index is 883. The van der Waals surface area contributed by atoms with Gasteiger partial charge in [0.2, 0.25) is 0 Å². The summed E-state index contributed by atoms with van der Waals surface area (Å²) in [6.07, 6.45) is 1.71. The number of thiocarbonyl (C=S) groups is 1. The molecule has 7 heteroatoms. The van der Waals surface area contributed by atoms with Crippen LogP contribution in [0.4, 0.5) is 5.69 Å². The second kappa shape index (κ2) is 6.85. The fraction of sp³-hybridized carbons (Fsp3) is 0.111. The first kappa shape index (κ1) is 17.4. The maximum Gasteiger partial charge on any atom is 0.281 e. The summed E-state index contributed by atoms with van der Waals surface area (Å²) in [6.45, 7) is 0. The van der Waals surface area contributed by atoms with Crippen LogP contribution in [0, 0.1) is 0 Å². The molecule has 1 aliphatic heterocycles. The third-order valence-electron chi connectivity index (χ3n) is 3.87. The van der Waals surface area contributed by atoms with E-state index in [2.05, 4.69) is 15.9 Å². The summed E-state index contributed by atoms with van der Waals surface area (Å²) in [6, 6.07) is 12.4. The molecular formula is C18H15BrN2O3S. The zero-order chi connectivity index (χ0) is 18.1. The van der Waals surface area contributed by atoms with Crippen LogP contribution in [-0.2, 0) is 4.79 Å². The molecule has 1 aliphatic rings. The van der Waals surface area contributed by atoms with Gasteiger partial charge in [0.1, 0.15) is 5.70 Å². The molecular weight excluding hydrogens is 404 g/mol. The lowest BCUT2D eigenvalue weighted by Crippen LogP contribution is -2.30. The molecule has 1 amide bonds. The number of hydrogen-bond acceptors (Lipinski definition) is 4. The topological polar surface area (TPSA) is 53.0 Å². The molecule has 0 unspecified atom stereocenters. The van der Waals surface area contributed by atoms with Crippen LogP contribution >= 0.6 is 28.1 Å². The fourth-order valence-corrected chi connectivity index (χ4v) is 3.27. The van der Waals surface area contributed by atoms with Crippen LogP contribution in [0.15, 0.2) is 52.6 Å². The van der Waals surface area contributed by atoms with E-state index in [9.17, 15) is 9.90 Å². The van der Waals surface area contributed by atoms with Gasteiger partial charge in [-0.05, 0) is 48.1 Å². The van der Waals surface area contributed by atoms with E-state index in [1.807, 2.05) is 30.3 Å². The predicted octanol–water partition coefficient (Wildman–Crippen LogP) is 3.77. The number of aromatic hydroxyl groups is 1. The van der Waals surface area contributed by atoms with Crippen LogP contribution in [-0.4, -0.2) is 35.2 Å². The maximum atomic E-state index is 12.9. The number of para-hydroxylation sites is 1. The Hall–Kier alpha value is -2.38. The van der Waals surface area contributed by atoms with Gasteiger partial charge in [0.25, 0.3) is 5.91 Å². The zero-order valence-electron chi connectivity index (χ0n) is 13.6. The van der Waals surface area contributed by atoms with Crippen LogP contribution in [0.2, 0.25) is 0 Å². The molecule has 0 spiro atoms. The maximum absolute atomic E-state index is 12.9. The van der Waals surface area contributed by atoms with Crippen molar-refractivity contribution in [1.82, 2.24) is 4.90 Å². The summed E-state index contributed by atoms with van der Waals surface area (Å²) < 4.78 is 5.78. The summed E-state index contributed by atoms with van der Waals surface area (Å²) in [7, 11) is 3.22. The number of nitrogens with zero attached hydrogens (tertiary/aromatic N) is 2. The second-order valence-corrected chi connectivity index (χ2v) is 6.61. The molecule has 1 N–H and O–H groups in total. The lowest BCUT2D eigenvalue weighted by Gasteiger charge is -2.16. The summed E-state index contributed by atoms with van der Waals surface area (Å²) in [4.78, 5) is 16.1. The molecule has 5 nitrogen and oxygen atoms in total. The Morgan fingerprint density at radius 2 is 1.92 bits per heavy atom. The number of likely N-dealkylation sites (N-methyl/N-ethyl adjacent to an activating group) is 1.